The van der Waals surface area contributed by atoms with Crippen molar-refractivity contribution in [2.75, 3.05) is 21.1 Å². The van der Waals surface area contributed by atoms with Crippen LogP contribution in [0.5, 0.6) is 0 Å². The number of nitrogens with two attached hydrogens (primary N) is 1. The van der Waals surface area contributed by atoms with Crippen molar-refractivity contribution in [3.63, 3.8) is 0 Å². The third kappa shape index (κ3) is 4.12. The first-order chi connectivity index (χ1) is 12.3. The number of amides is 1. The first-order valence-corrected chi connectivity index (χ1v) is 10.8. The molecule has 0 spiro atoms. The standard InChI is InChI=1S/C20H34N4OS/c1-12(2)6-17(21)19-22-18(11-26-19)20(25)24(5)16-9-13-7-15(23(3)4)8-14(13)10-16/h11-17H,6-10,21H2,1-5H3/t13-,14+,15?,16?,17-/m0/s1. The average Bonchev–Trinajstić information content (AvgIpc) is 3.26. The molecule has 0 saturated heterocycles. The molecule has 5 nitrogen and oxygen atoms in total. The Bertz CT molecular complexity index is 615. The topological polar surface area (TPSA) is 62.5 Å². The fraction of sp³-hybridized carbons (Fsp3) is 0.800. The van der Waals surface area contributed by atoms with Gasteiger partial charge in [0.1, 0.15) is 10.7 Å². The van der Waals surface area contributed by atoms with Gasteiger partial charge in [-0.2, -0.15) is 0 Å². The summed E-state index contributed by atoms with van der Waals surface area (Å²) < 4.78 is 0. The van der Waals surface area contributed by atoms with Crippen molar-refractivity contribution in [3.8, 4) is 0 Å². The Morgan fingerprint density at radius 1 is 1.19 bits per heavy atom. The van der Waals surface area contributed by atoms with Crippen LogP contribution in [-0.2, 0) is 0 Å². The van der Waals surface area contributed by atoms with Crippen molar-refractivity contribution in [2.24, 2.45) is 23.5 Å². The van der Waals surface area contributed by atoms with Gasteiger partial charge in [-0.25, -0.2) is 4.98 Å². The summed E-state index contributed by atoms with van der Waals surface area (Å²) in [6.45, 7) is 4.32. The molecule has 3 rings (SSSR count). The second-order valence-corrected chi connectivity index (χ2v) is 9.85. The number of thiazole rings is 1. The lowest BCUT2D eigenvalue weighted by Crippen LogP contribution is -2.36. The molecule has 2 saturated carbocycles. The molecule has 26 heavy (non-hydrogen) atoms. The van der Waals surface area contributed by atoms with Crippen molar-refractivity contribution in [1.29, 1.82) is 0 Å². The summed E-state index contributed by atoms with van der Waals surface area (Å²) in [5.41, 5.74) is 6.79. The number of hydrogen-bond acceptors (Lipinski definition) is 5. The molecular weight excluding hydrogens is 344 g/mol. The number of nitrogens with zero attached hydrogens (tertiary/aromatic N) is 3. The summed E-state index contributed by atoms with van der Waals surface area (Å²) in [5.74, 6) is 2.12. The van der Waals surface area contributed by atoms with Crippen LogP contribution in [0.2, 0.25) is 0 Å². The Morgan fingerprint density at radius 3 is 2.31 bits per heavy atom. The molecule has 2 unspecified atom stereocenters. The monoisotopic (exact) mass is 378 g/mol. The molecule has 2 aliphatic rings. The zero-order valence-electron chi connectivity index (χ0n) is 16.8. The maximum atomic E-state index is 12.9. The van der Waals surface area contributed by atoms with Gasteiger partial charge in [-0.3, -0.25) is 4.79 Å². The summed E-state index contributed by atoms with van der Waals surface area (Å²) in [5, 5.41) is 2.76. The van der Waals surface area contributed by atoms with Gasteiger partial charge in [-0.15, -0.1) is 11.3 Å². The van der Waals surface area contributed by atoms with Gasteiger partial charge in [0.15, 0.2) is 0 Å². The molecule has 2 aliphatic carbocycles. The molecule has 2 N–H and O–H groups in total. The predicted molar refractivity (Wildman–Crippen MR) is 107 cm³/mol. The molecule has 1 aromatic heterocycles. The van der Waals surface area contributed by atoms with E-state index in [2.05, 4.69) is 37.8 Å². The number of carbonyl (C=O) groups is 1. The molecule has 2 fully saturated rings. The van der Waals surface area contributed by atoms with Gasteiger partial charge in [-0.1, -0.05) is 13.8 Å². The van der Waals surface area contributed by atoms with Crippen LogP contribution >= 0.6 is 11.3 Å². The second kappa shape index (κ2) is 7.95. The van der Waals surface area contributed by atoms with Crippen LogP contribution < -0.4 is 5.73 Å². The molecule has 0 bridgehead atoms. The zero-order chi connectivity index (χ0) is 19.0. The molecule has 0 aromatic carbocycles. The van der Waals surface area contributed by atoms with Crippen molar-refractivity contribution in [3.05, 3.63) is 16.1 Å². The van der Waals surface area contributed by atoms with Gasteiger partial charge in [0.05, 0.1) is 6.04 Å². The Hall–Kier alpha value is -0.980. The average molecular weight is 379 g/mol. The van der Waals surface area contributed by atoms with E-state index in [1.54, 1.807) is 0 Å². The smallest absolute Gasteiger partial charge is 0.273 e. The molecule has 0 aliphatic heterocycles. The number of aromatic nitrogens is 1. The van der Waals surface area contributed by atoms with E-state index < -0.39 is 0 Å². The summed E-state index contributed by atoms with van der Waals surface area (Å²) in [6.07, 6.45) is 5.74. The number of carbonyl (C=O) groups excluding carboxylic acids is 1. The highest BCUT2D eigenvalue weighted by molar-refractivity contribution is 7.09. The van der Waals surface area contributed by atoms with E-state index in [0.29, 0.717) is 17.7 Å². The molecular formula is C20H34N4OS. The first kappa shape index (κ1) is 19.8. The van der Waals surface area contributed by atoms with E-state index in [0.717, 1.165) is 42.1 Å². The lowest BCUT2D eigenvalue weighted by atomic mass is 10.0. The van der Waals surface area contributed by atoms with E-state index in [9.17, 15) is 4.79 Å². The summed E-state index contributed by atoms with van der Waals surface area (Å²) in [4.78, 5) is 21.8. The Kier molecular flexibility index (Phi) is 6.04. The van der Waals surface area contributed by atoms with Crippen LogP contribution in [0, 0.1) is 17.8 Å². The number of fused-ring (bicyclic) bond motifs is 1. The van der Waals surface area contributed by atoms with Gasteiger partial charge in [-0.05, 0) is 64.0 Å². The van der Waals surface area contributed by atoms with Crippen molar-refractivity contribution < 1.29 is 4.79 Å². The van der Waals surface area contributed by atoms with Gasteiger partial charge < -0.3 is 15.5 Å². The summed E-state index contributed by atoms with van der Waals surface area (Å²) >= 11 is 1.52. The van der Waals surface area contributed by atoms with E-state index in [4.69, 9.17) is 5.73 Å². The van der Waals surface area contributed by atoms with Crippen molar-refractivity contribution in [2.45, 2.75) is 64.1 Å². The predicted octanol–water partition coefficient (Wildman–Crippen LogP) is 3.38. The molecule has 6 heteroatoms. The van der Waals surface area contributed by atoms with E-state index in [1.165, 1.54) is 24.2 Å². The Balaban J connectivity index is 1.59. The van der Waals surface area contributed by atoms with Crippen LogP contribution in [0.15, 0.2) is 5.38 Å². The van der Waals surface area contributed by atoms with Crippen LogP contribution in [0.1, 0.15) is 67.5 Å². The first-order valence-electron chi connectivity index (χ1n) is 9.90. The Morgan fingerprint density at radius 2 is 1.77 bits per heavy atom. The molecule has 0 radical (unpaired) electrons. The van der Waals surface area contributed by atoms with Crippen LogP contribution in [0.3, 0.4) is 0 Å². The zero-order valence-corrected chi connectivity index (χ0v) is 17.6. The highest BCUT2D eigenvalue weighted by Gasteiger charge is 2.44. The molecule has 5 atom stereocenters. The summed E-state index contributed by atoms with van der Waals surface area (Å²) in [6, 6.07) is 1.01. The molecule has 1 amide bonds. The minimum atomic E-state index is -0.0688. The van der Waals surface area contributed by atoms with E-state index >= 15 is 0 Å². The Labute approximate surface area is 162 Å². The maximum absolute atomic E-state index is 12.9. The fourth-order valence-corrected chi connectivity index (χ4v) is 5.61. The molecule has 1 aromatic rings. The van der Waals surface area contributed by atoms with Crippen LogP contribution in [0.4, 0.5) is 0 Å². The third-order valence-electron chi connectivity index (χ3n) is 6.35. The SMILES string of the molecule is CC(C)C[C@H](N)c1nc(C(=O)N(C)C2C[C@H]3CC(N(C)C)C[C@H]3C2)cs1. The van der Waals surface area contributed by atoms with Gasteiger partial charge in [0, 0.05) is 24.5 Å². The van der Waals surface area contributed by atoms with E-state index in [-0.39, 0.29) is 11.9 Å². The van der Waals surface area contributed by atoms with Crippen LogP contribution in [0.25, 0.3) is 0 Å². The number of hydrogen-bond donors (Lipinski definition) is 1. The molecule has 1 heterocycles. The second-order valence-electron chi connectivity index (χ2n) is 8.96. The summed E-state index contributed by atoms with van der Waals surface area (Å²) in [7, 11) is 6.32. The van der Waals surface area contributed by atoms with Crippen molar-refractivity contribution in [1.82, 2.24) is 14.8 Å². The largest absolute Gasteiger partial charge is 0.337 e. The minimum Gasteiger partial charge on any atom is -0.337 e. The lowest BCUT2D eigenvalue weighted by Gasteiger charge is -2.26. The maximum Gasteiger partial charge on any atom is 0.273 e. The highest BCUT2D eigenvalue weighted by Crippen LogP contribution is 2.46. The minimum absolute atomic E-state index is 0.0541. The van der Waals surface area contributed by atoms with Gasteiger partial charge in [0.25, 0.3) is 5.91 Å². The lowest BCUT2D eigenvalue weighted by molar-refractivity contribution is 0.0721. The van der Waals surface area contributed by atoms with E-state index in [1.807, 2.05) is 17.3 Å². The van der Waals surface area contributed by atoms with Gasteiger partial charge >= 0.3 is 0 Å². The fourth-order valence-electron chi connectivity index (χ4n) is 4.80. The highest BCUT2D eigenvalue weighted by atomic mass is 32.1. The normalized spacial score (nSPS) is 29.4. The number of rotatable bonds is 6. The molecule has 146 valence electrons. The third-order valence-corrected chi connectivity index (χ3v) is 7.32. The van der Waals surface area contributed by atoms with Crippen molar-refractivity contribution >= 4 is 17.2 Å². The van der Waals surface area contributed by atoms with Crippen LogP contribution in [-0.4, -0.2) is 53.9 Å². The van der Waals surface area contributed by atoms with Gasteiger partial charge in [0.2, 0.25) is 0 Å². The quantitative estimate of drug-likeness (QED) is 0.824.